The summed E-state index contributed by atoms with van der Waals surface area (Å²) in [4.78, 5) is 29.6. The Morgan fingerprint density at radius 2 is 2.02 bits per heavy atom. The fourth-order valence-electron chi connectivity index (χ4n) is 8.16. The van der Waals surface area contributed by atoms with Crippen LogP contribution in [0.25, 0.3) is 0 Å². The highest BCUT2D eigenvalue weighted by Gasteiger charge is 2.44. The van der Waals surface area contributed by atoms with Crippen molar-refractivity contribution in [3.05, 3.63) is 88.8 Å². The van der Waals surface area contributed by atoms with E-state index < -0.39 is 27.0 Å². The maximum atomic E-state index is 14.6. The third kappa shape index (κ3) is 6.43. The molecule has 7 atom stereocenters. The molecular formula is C38H46N4O6S. The average Bonchev–Trinajstić information content (AvgIpc) is 3.58. The van der Waals surface area contributed by atoms with Gasteiger partial charge in [0, 0.05) is 31.2 Å². The monoisotopic (exact) mass is 686 g/mol. The molecule has 3 heterocycles. The Labute approximate surface area is 288 Å². The number of fused-ring (bicyclic) bond motifs is 4. The van der Waals surface area contributed by atoms with E-state index in [2.05, 4.69) is 56.4 Å². The molecule has 1 spiro atoms. The Hall–Kier alpha value is -3.96. The summed E-state index contributed by atoms with van der Waals surface area (Å²) in [6.07, 6.45) is 12.5. The molecular weight excluding hydrogens is 641 g/mol. The van der Waals surface area contributed by atoms with Crippen LogP contribution in [-0.4, -0.2) is 59.3 Å². The number of aryl methyl sites for hydroxylation is 2. The van der Waals surface area contributed by atoms with Crippen molar-refractivity contribution in [3.63, 3.8) is 0 Å². The summed E-state index contributed by atoms with van der Waals surface area (Å²) < 4.78 is 39.1. The summed E-state index contributed by atoms with van der Waals surface area (Å²) in [6, 6.07) is 12.2. The van der Waals surface area contributed by atoms with Crippen molar-refractivity contribution in [1.29, 1.82) is 0 Å². The third-order valence-electron chi connectivity index (χ3n) is 11.4. The van der Waals surface area contributed by atoms with E-state index in [-0.39, 0.29) is 23.0 Å². The molecule has 2 aromatic carbocycles. The van der Waals surface area contributed by atoms with E-state index in [0.29, 0.717) is 30.4 Å². The summed E-state index contributed by atoms with van der Waals surface area (Å²) in [7, 11) is -1.83. The summed E-state index contributed by atoms with van der Waals surface area (Å²) in [5.74, 6) is -0.0382. The largest absolute Gasteiger partial charge is 0.490 e. The highest BCUT2D eigenvalue weighted by atomic mass is 32.2. The van der Waals surface area contributed by atoms with Crippen LogP contribution in [0.4, 0.5) is 5.69 Å². The van der Waals surface area contributed by atoms with Crippen molar-refractivity contribution in [3.8, 4) is 5.75 Å². The van der Waals surface area contributed by atoms with E-state index in [1.807, 2.05) is 19.1 Å². The van der Waals surface area contributed by atoms with Gasteiger partial charge in [0.25, 0.3) is 11.8 Å². The number of carbonyl (C=O) groups is 2. The summed E-state index contributed by atoms with van der Waals surface area (Å²) in [5, 5.41) is 2.94. The second kappa shape index (κ2) is 13.4. The van der Waals surface area contributed by atoms with Gasteiger partial charge in [-0.1, -0.05) is 48.0 Å². The van der Waals surface area contributed by atoms with E-state index in [1.165, 1.54) is 29.2 Å². The first-order chi connectivity index (χ1) is 23.6. The molecule has 2 aliphatic heterocycles. The standard InChI is InChI=1S/C38H46N4O6S/c1-24-10-14-32-27(17-24)8-6-16-38(32)22-42-20-29-11-13-31(29)34(46-4)9-5-7-25(2)26(3)49(45,41-37(44)30-19-39-48-21-30)40-36(43)28-12-15-35(47-23-38)33(42)18-28/h5,9-10,12,14-15,17-19,21,25-26,29,31,34H,6-8,11,13,16,20,22-23H2,1-4H3,(H,40,41,43,44,45)/b9-5+/t25-,26+,29-,31+,34-,38-,49?/m0/s1. The van der Waals surface area contributed by atoms with Gasteiger partial charge in [-0.15, -0.1) is 4.36 Å². The lowest BCUT2D eigenvalue weighted by molar-refractivity contribution is 0.0131. The first-order valence-corrected chi connectivity index (χ1v) is 19.0. The van der Waals surface area contributed by atoms with E-state index >= 15 is 0 Å². The molecule has 0 saturated heterocycles. The van der Waals surface area contributed by atoms with Gasteiger partial charge >= 0.3 is 0 Å². The number of nitrogens with zero attached hydrogens (tertiary/aromatic N) is 3. The SMILES string of the molecule is CO[C@H]1/C=C/C[C@H](C)[C@@H](C)S(=O)(NC(=O)c2cnoc2)=NC(=O)c2ccc3c(c2)N(C[C@@H]2CC[C@H]21)C[C@@]1(CCCc2cc(C)ccc21)CO3. The topological polar surface area (TPSA) is 123 Å². The van der Waals surface area contributed by atoms with Crippen LogP contribution in [0.3, 0.4) is 0 Å². The number of benzene rings is 2. The Bertz CT molecular complexity index is 1880. The molecule has 2 aliphatic carbocycles. The summed E-state index contributed by atoms with van der Waals surface area (Å²) >= 11 is 0. The molecule has 10 nitrogen and oxygen atoms in total. The molecule has 1 unspecified atom stereocenters. The van der Waals surface area contributed by atoms with Crippen LogP contribution in [0.2, 0.25) is 0 Å². The number of hydrogen-bond donors (Lipinski definition) is 1. The van der Waals surface area contributed by atoms with Gasteiger partial charge in [0.05, 0.1) is 35.4 Å². The van der Waals surface area contributed by atoms with Crippen LogP contribution < -0.4 is 14.4 Å². The highest BCUT2D eigenvalue weighted by molar-refractivity contribution is 7.93. The van der Waals surface area contributed by atoms with Gasteiger partial charge in [0.15, 0.2) is 0 Å². The number of aromatic nitrogens is 1. The predicted octanol–water partition coefficient (Wildman–Crippen LogP) is 6.44. The number of hydrogen-bond acceptors (Lipinski definition) is 8. The minimum absolute atomic E-state index is 0.0561. The van der Waals surface area contributed by atoms with E-state index in [1.54, 1.807) is 20.1 Å². The average molecular weight is 687 g/mol. The molecule has 11 heteroatoms. The van der Waals surface area contributed by atoms with Crippen LogP contribution in [0.15, 0.2) is 69.9 Å². The van der Waals surface area contributed by atoms with Crippen molar-refractivity contribution < 1.29 is 27.8 Å². The van der Waals surface area contributed by atoms with Crippen molar-refractivity contribution >= 4 is 27.4 Å². The van der Waals surface area contributed by atoms with Crippen LogP contribution >= 0.6 is 0 Å². The quantitative estimate of drug-likeness (QED) is 0.313. The number of nitrogens with one attached hydrogen (secondary N) is 1. The molecule has 2 amide bonds. The Balaban J connectivity index is 1.33. The van der Waals surface area contributed by atoms with Crippen LogP contribution in [0.1, 0.15) is 83.4 Å². The second-order valence-corrected chi connectivity index (χ2v) is 16.8. The summed E-state index contributed by atoms with van der Waals surface area (Å²) in [6.45, 7) is 7.95. The minimum Gasteiger partial charge on any atom is -0.490 e. The number of carbonyl (C=O) groups excluding carboxylic acids is 2. The van der Waals surface area contributed by atoms with Crippen molar-refractivity contribution in [2.75, 3.05) is 31.7 Å². The molecule has 1 N–H and O–H groups in total. The predicted molar refractivity (Wildman–Crippen MR) is 188 cm³/mol. The summed E-state index contributed by atoms with van der Waals surface area (Å²) in [5.41, 5.74) is 5.03. The maximum Gasteiger partial charge on any atom is 0.286 e. The third-order valence-corrected chi connectivity index (χ3v) is 13.8. The van der Waals surface area contributed by atoms with Gasteiger partial charge in [-0.05, 0) is 99.5 Å². The number of ether oxygens (including phenoxy) is 2. The van der Waals surface area contributed by atoms with Gasteiger partial charge < -0.3 is 18.9 Å². The fraction of sp³-hybridized carbons (Fsp3) is 0.500. The normalized spacial score (nSPS) is 32.0. The zero-order valence-corrected chi connectivity index (χ0v) is 29.5. The van der Waals surface area contributed by atoms with Gasteiger partial charge in [-0.3, -0.25) is 14.3 Å². The van der Waals surface area contributed by atoms with E-state index in [4.69, 9.17) is 14.0 Å². The van der Waals surface area contributed by atoms with E-state index in [9.17, 15) is 13.8 Å². The number of allylic oxidation sites excluding steroid dienone is 1. The number of anilines is 1. The van der Waals surface area contributed by atoms with Crippen LogP contribution in [-0.2, 0) is 26.5 Å². The maximum absolute atomic E-state index is 14.6. The van der Waals surface area contributed by atoms with E-state index in [0.717, 1.165) is 56.6 Å². The van der Waals surface area contributed by atoms with Crippen LogP contribution in [0.5, 0.6) is 5.75 Å². The number of rotatable bonds is 3. The Morgan fingerprint density at radius 1 is 1.16 bits per heavy atom. The molecule has 1 aromatic heterocycles. The zero-order chi connectivity index (χ0) is 34.3. The fourth-order valence-corrected chi connectivity index (χ4v) is 10.0. The minimum atomic E-state index is -3.60. The van der Waals surface area contributed by atoms with Crippen LogP contribution in [0, 0.1) is 24.7 Å². The molecule has 49 heavy (non-hydrogen) atoms. The molecule has 7 rings (SSSR count). The number of methoxy groups -OCH3 is 1. The Morgan fingerprint density at radius 3 is 2.78 bits per heavy atom. The van der Waals surface area contributed by atoms with Crippen molar-refractivity contribution in [2.45, 2.75) is 76.1 Å². The number of amides is 2. The Kier molecular flexibility index (Phi) is 9.17. The molecule has 1 saturated carbocycles. The molecule has 2 bridgehead atoms. The first kappa shape index (κ1) is 33.5. The van der Waals surface area contributed by atoms with Gasteiger partial charge in [0.2, 0.25) is 0 Å². The molecule has 4 aliphatic rings. The second-order valence-electron chi connectivity index (χ2n) is 14.5. The lowest BCUT2D eigenvalue weighted by Gasteiger charge is -2.46. The lowest BCUT2D eigenvalue weighted by atomic mass is 9.68. The lowest BCUT2D eigenvalue weighted by Crippen LogP contribution is -2.49. The molecule has 1 fully saturated rings. The molecule has 0 radical (unpaired) electrons. The van der Waals surface area contributed by atoms with Gasteiger partial charge in [0.1, 0.15) is 21.9 Å². The van der Waals surface area contributed by atoms with Gasteiger partial charge in [-0.25, -0.2) is 4.21 Å². The highest BCUT2D eigenvalue weighted by Crippen LogP contribution is 2.47. The zero-order valence-electron chi connectivity index (χ0n) is 28.7. The first-order valence-electron chi connectivity index (χ1n) is 17.4. The molecule has 3 aromatic rings. The van der Waals surface area contributed by atoms with Crippen molar-refractivity contribution in [1.82, 2.24) is 9.88 Å². The van der Waals surface area contributed by atoms with Gasteiger partial charge in [-0.2, -0.15) is 0 Å². The van der Waals surface area contributed by atoms with Crippen molar-refractivity contribution in [2.24, 2.45) is 22.1 Å². The smallest absolute Gasteiger partial charge is 0.286 e. The molecule has 260 valence electrons.